The summed E-state index contributed by atoms with van der Waals surface area (Å²) in [7, 11) is 1.43. The van der Waals surface area contributed by atoms with Crippen LogP contribution >= 0.6 is 0 Å². The van der Waals surface area contributed by atoms with Crippen molar-refractivity contribution in [3.63, 3.8) is 0 Å². The molecule has 1 saturated heterocycles. The van der Waals surface area contributed by atoms with E-state index in [9.17, 15) is 14.7 Å². The summed E-state index contributed by atoms with van der Waals surface area (Å²) in [6.45, 7) is 6.32. The summed E-state index contributed by atoms with van der Waals surface area (Å²) in [6.07, 6.45) is 2.12. The zero-order valence-corrected chi connectivity index (χ0v) is 17.8. The zero-order chi connectivity index (χ0) is 21.1. The van der Waals surface area contributed by atoms with Crippen molar-refractivity contribution in [1.82, 2.24) is 9.88 Å². The monoisotopic (exact) mass is 400 g/mol. The van der Waals surface area contributed by atoms with Gasteiger partial charge in [-0.2, -0.15) is 0 Å². The van der Waals surface area contributed by atoms with Crippen LogP contribution in [-0.4, -0.2) is 47.1 Å². The first-order chi connectivity index (χ1) is 13.9. The van der Waals surface area contributed by atoms with Gasteiger partial charge in [0.25, 0.3) is 0 Å². The molecule has 0 saturated carbocycles. The molecule has 1 aliphatic heterocycles. The number of piperidine rings is 1. The number of carbonyl (C=O) groups is 2. The van der Waals surface area contributed by atoms with Gasteiger partial charge in [0.15, 0.2) is 0 Å². The van der Waals surface area contributed by atoms with E-state index < -0.39 is 0 Å². The van der Waals surface area contributed by atoms with Crippen molar-refractivity contribution >= 4 is 22.8 Å². The van der Waals surface area contributed by atoms with Gasteiger partial charge in [-0.15, -0.1) is 0 Å². The molecule has 2 heterocycles. The Bertz CT molecular complexity index is 875. The number of nitrogens with one attached hydrogen (secondary N) is 1. The summed E-state index contributed by atoms with van der Waals surface area (Å²) in [5, 5.41) is 10.7. The number of ether oxygens (including phenoxy) is 1. The quantitative estimate of drug-likeness (QED) is 0.728. The fraction of sp³-hybridized carbons (Fsp3) is 0.565. The van der Waals surface area contributed by atoms with Crippen LogP contribution in [0.2, 0.25) is 0 Å². The minimum absolute atomic E-state index is 0.0335. The molecule has 1 aromatic carbocycles. The summed E-state index contributed by atoms with van der Waals surface area (Å²) >= 11 is 0. The van der Waals surface area contributed by atoms with Crippen LogP contribution in [0.3, 0.4) is 0 Å². The topological polar surface area (TPSA) is 82.6 Å². The smallest absolute Gasteiger partial charge is 0.308 e. The van der Waals surface area contributed by atoms with E-state index in [0.29, 0.717) is 19.4 Å². The van der Waals surface area contributed by atoms with E-state index in [0.717, 1.165) is 28.6 Å². The van der Waals surface area contributed by atoms with Crippen molar-refractivity contribution in [2.24, 2.45) is 17.8 Å². The molecule has 1 amide bonds. The largest absolute Gasteiger partial charge is 0.469 e. The van der Waals surface area contributed by atoms with Gasteiger partial charge in [0.1, 0.15) is 0 Å². The number of benzene rings is 1. The number of nitrogens with zero attached hydrogens (tertiary/aromatic N) is 1. The lowest BCUT2D eigenvalue weighted by atomic mass is 9.72. The Morgan fingerprint density at radius 2 is 2.07 bits per heavy atom. The van der Waals surface area contributed by atoms with Crippen LogP contribution in [0.4, 0.5) is 0 Å². The Balaban J connectivity index is 2.07. The van der Waals surface area contributed by atoms with E-state index in [2.05, 4.69) is 11.9 Å². The lowest BCUT2D eigenvalue weighted by Gasteiger charge is -2.45. The van der Waals surface area contributed by atoms with Crippen LogP contribution < -0.4 is 0 Å². The van der Waals surface area contributed by atoms with Crippen molar-refractivity contribution in [3.05, 3.63) is 35.5 Å². The maximum absolute atomic E-state index is 12.6. The van der Waals surface area contributed by atoms with Gasteiger partial charge in [-0.3, -0.25) is 9.59 Å². The number of aromatic nitrogens is 1. The third-order valence-electron chi connectivity index (χ3n) is 6.59. The number of likely N-dealkylation sites (tertiary alicyclic amines) is 1. The number of para-hydroxylation sites is 1. The standard InChI is InChI=1S/C23H32N2O4/c1-5-16-13-25(15(3)27)21(12-19(16)14(2)23(28)29-4)22-18(10-11-26)17-8-6-7-9-20(17)24-22/h6-9,14,16,19,21,24,26H,5,10-13H2,1-4H3/t14-,16+,19+,21+/m0/s1. The highest BCUT2D eigenvalue weighted by Gasteiger charge is 2.42. The highest BCUT2D eigenvalue weighted by molar-refractivity contribution is 5.85. The lowest BCUT2D eigenvalue weighted by molar-refractivity contribution is -0.150. The van der Waals surface area contributed by atoms with E-state index in [1.807, 2.05) is 36.1 Å². The molecule has 6 heteroatoms. The van der Waals surface area contributed by atoms with Crippen molar-refractivity contribution in [2.45, 2.75) is 46.1 Å². The molecule has 0 unspecified atom stereocenters. The molecule has 0 radical (unpaired) electrons. The minimum atomic E-state index is -0.229. The number of aromatic amines is 1. The van der Waals surface area contributed by atoms with E-state index >= 15 is 0 Å². The van der Waals surface area contributed by atoms with Crippen LogP contribution in [0.1, 0.15) is 50.9 Å². The number of hydrogen-bond donors (Lipinski definition) is 2. The summed E-state index contributed by atoms with van der Waals surface area (Å²) in [5.41, 5.74) is 3.04. The summed E-state index contributed by atoms with van der Waals surface area (Å²) < 4.78 is 5.02. The molecule has 1 aliphatic rings. The van der Waals surface area contributed by atoms with Crippen LogP contribution in [0.5, 0.6) is 0 Å². The number of aliphatic hydroxyl groups is 1. The van der Waals surface area contributed by atoms with E-state index in [1.54, 1.807) is 6.92 Å². The molecule has 6 nitrogen and oxygen atoms in total. The van der Waals surface area contributed by atoms with Gasteiger partial charge < -0.3 is 19.7 Å². The number of methoxy groups -OCH3 is 1. The SMILES string of the molecule is CC[C@@H]1CN(C(C)=O)[C@@H](c2[nH]c3ccccc3c2CCO)C[C@@H]1[C@H](C)C(=O)OC. The molecule has 0 spiro atoms. The number of H-pyrrole nitrogens is 1. The van der Waals surface area contributed by atoms with Crippen molar-refractivity contribution in [1.29, 1.82) is 0 Å². The zero-order valence-electron chi connectivity index (χ0n) is 17.8. The summed E-state index contributed by atoms with van der Waals surface area (Å²) in [4.78, 5) is 30.3. The molecular formula is C23H32N2O4. The Morgan fingerprint density at radius 3 is 2.69 bits per heavy atom. The van der Waals surface area contributed by atoms with Gasteiger partial charge in [0.2, 0.25) is 5.91 Å². The predicted octanol–water partition coefficient (Wildman–Crippen LogP) is 3.45. The van der Waals surface area contributed by atoms with E-state index in [4.69, 9.17) is 4.74 Å². The molecule has 4 atom stereocenters. The van der Waals surface area contributed by atoms with Gasteiger partial charge >= 0.3 is 5.97 Å². The number of rotatable bonds is 6. The van der Waals surface area contributed by atoms with Gasteiger partial charge in [-0.1, -0.05) is 38.5 Å². The molecule has 2 aromatic rings. The second-order valence-electron chi connectivity index (χ2n) is 8.10. The Morgan fingerprint density at radius 1 is 1.34 bits per heavy atom. The van der Waals surface area contributed by atoms with E-state index in [1.165, 1.54) is 7.11 Å². The highest BCUT2D eigenvalue weighted by Crippen LogP contribution is 2.44. The maximum atomic E-state index is 12.6. The third kappa shape index (κ3) is 4.04. The highest BCUT2D eigenvalue weighted by atomic mass is 16.5. The normalized spacial score (nSPS) is 23.2. The number of amides is 1. The first kappa shape index (κ1) is 21.4. The molecule has 1 fully saturated rings. The first-order valence-electron chi connectivity index (χ1n) is 10.5. The van der Waals surface area contributed by atoms with Crippen molar-refractivity contribution in [3.8, 4) is 0 Å². The van der Waals surface area contributed by atoms with Crippen LogP contribution in [0, 0.1) is 17.8 Å². The van der Waals surface area contributed by atoms with Gasteiger partial charge in [0.05, 0.1) is 19.1 Å². The Kier molecular flexibility index (Phi) is 6.63. The molecule has 0 bridgehead atoms. The van der Waals surface area contributed by atoms with Crippen LogP contribution in [0.15, 0.2) is 24.3 Å². The molecule has 0 aliphatic carbocycles. The second kappa shape index (κ2) is 8.99. The number of carbonyl (C=O) groups excluding carboxylic acids is 2. The van der Waals surface area contributed by atoms with Crippen LogP contribution in [0.25, 0.3) is 10.9 Å². The summed E-state index contributed by atoms with van der Waals surface area (Å²) in [5.74, 6) is -0.0227. The maximum Gasteiger partial charge on any atom is 0.308 e. The minimum Gasteiger partial charge on any atom is -0.469 e. The van der Waals surface area contributed by atoms with Gasteiger partial charge in [-0.05, 0) is 36.3 Å². The van der Waals surface area contributed by atoms with Crippen LogP contribution in [-0.2, 0) is 20.7 Å². The molecule has 158 valence electrons. The number of esters is 1. The Labute approximate surface area is 172 Å². The van der Waals surface area contributed by atoms with Gasteiger partial charge in [0, 0.05) is 36.7 Å². The molecule has 3 rings (SSSR count). The average Bonchev–Trinajstić information content (AvgIpc) is 3.10. The molecular weight excluding hydrogens is 368 g/mol. The van der Waals surface area contributed by atoms with Gasteiger partial charge in [-0.25, -0.2) is 0 Å². The van der Waals surface area contributed by atoms with E-state index in [-0.39, 0.29) is 42.3 Å². The fourth-order valence-corrected chi connectivity index (χ4v) is 5.01. The van der Waals surface area contributed by atoms with Crippen molar-refractivity contribution in [2.75, 3.05) is 20.3 Å². The van der Waals surface area contributed by atoms with Crippen molar-refractivity contribution < 1.29 is 19.4 Å². The summed E-state index contributed by atoms with van der Waals surface area (Å²) in [6, 6.07) is 7.87. The number of fused-ring (bicyclic) bond motifs is 1. The first-order valence-corrected chi connectivity index (χ1v) is 10.5. The number of hydrogen-bond acceptors (Lipinski definition) is 4. The third-order valence-corrected chi connectivity index (χ3v) is 6.59. The lowest BCUT2D eigenvalue weighted by Crippen LogP contribution is -2.47. The molecule has 1 aromatic heterocycles. The predicted molar refractivity (Wildman–Crippen MR) is 112 cm³/mol. The average molecular weight is 401 g/mol. The molecule has 2 N–H and O–H groups in total. The number of aliphatic hydroxyl groups excluding tert-OH is 1. The molecule has 29 heavy (non-hydrogen) atoms. The fourth-order valence-electron chi connectivity index (χ4n) is 5.01. The second-order valence-corrected chi connectivity index (χ2v) is 8.10. The Hall–Kier alpha value is -2.34.